The van der Waals surface area contributed by atoms with Gasteiger partial charge < -0.3 is 23.7 Å². The number of azide groups is 1. The highest BCUT2D eigenvalue weighted by Gasteiger charge is 2.53. The van der Waals surface area contributed by atoms with E-state index >= 15 is 0 Å². The average molecular weight is 586 g/mol. The largest absolute Gasteiger partial charge is 0.467 e. The molecule has 14 heteroatoms. The van der Waals surface area contributed by atoms with E-state index in [1.165, 1.54) is 0 Å². The van der Waals surface area contributed by atoms with Gasteiger partial charge in [-0.15, -0.1) is 0 Å². The zero-order valence-electron chi connectivity index (χ0n) is 20.1. The lowest BCUT2D eigenvalue weighted by Crippen LogP contribution is -2.62. The first-order chi connectivity index (χ1) is 18.1. The summed E-state index contributed by atoms with van der Waals surface area (Å²) >= 11 is 18.4. The molecule has 0 aromatic heterocycles. The minimum Gasteiger partial charge on any atom is -0.467 e. The summed E-state index contributed by atoms with van der Waals surface area (Å²) in [4.78, 5) is 31.8. The van der Waals surface area contributed by atoms with E-state index in [0.29, 0.717) is 5.69 Å². The van der Waals surface area contributed by atoms with Crippen molar-refractivity contribution in [1.82, 2.24) is 0 Å². The second-order valence-electron chi connectivity index (χ2n) is 7.85. The van der Waals surface area contributed by atoms with Crippen molar-refractivity contribution in [2.75, 3.05) is 7.11 Å². The van der Waals surface area contributed by atoms with Gasteiger partial charge in [-0.3, -0.25) is 4.79 Å². The van der Waals surface area contributed by atoms with Gasteiger partial charge in [0.2, 0.25) is 12.2 Å². The highest BCUT2D eigenvalue weighted by Crippen LogP contribution is 2.35. The van der Waals surface area contributed by atoms with Crippen molar-refractivity contribution in [3.8, 4) is 0 Å². The number of halogens is 3. The molecule has 2 aromatic carbocycles. The van der Waals surface area contributed by atoms with Crippen molar-refractivity contribution in [3.63, 3.8) is 0 Å². The fourth-order valence-electron chi connectivity index (χ4n) is 3.57. The van der Waals surface area contributed by atoms with Gasteiger partial charge in [0, 0.05) is 11.8 Å². The van der Waals surface area contributed by atoms with Gasteiger partial charge in [0.05, 0.1) is 19.4 Å². The lowest BCUT2D eigenvalue weighted by Gasteiger charge is -2.43. The molecule has 5 atom stereocenters. The first kappa shape index (κ1) is 29.5. The van der Waals surface area contributed by atoms with Crippen LogP contribution in [0.5, 0.6) is 0 Å². The minimum atomic E-state index is -2.19. The summed E-state index contributed by atoms with van der Waals surface area (Å²) in [5.41, 5.74) is 10.5. The predicted octanol–water partition coefficient (Wildman–Crippen LogP) is 5.20. The highest BCUT2D eigenvalue weighted by molar-refractivity contribution is 6.76. The third-order valence-corrected chi connectivity index (χ3v) is 5.67. The van der Waals surface area contributed by atoms with Gasteiger partial charge in [0.15, 0.2) is 12.2 Å². The molecule has 0 amide bonds. The first-order valence-electron chi connectivity index (χ1n) is 11.1. The van der Waals surface area contributed by atoms with Crippen LogP contribution in [0, 0.1) is 0 Å². The summed E-state index contributed by atoms with van der Waals surface area (Å²) in [5.74, 6) is -2.09. The van der Waals surface area contributed by atoms with Crippen LogP contribution in [0.15, 0.2) is 70.8 Å². The lowest BCUT2D eigenvalue weighted by atomic mass is 9.96. The van der Waals surface area contributed by atoms with Crippen molar-refractivity contribution in [2.45, 2.75) is 48.0 Å². The van der Waals surface area contributed by atoms with Gasteiger partial charge in [0.25, 0.3) is 3.79 Å². The first-order valence-corrected chi connectivity index (χ1v) is 12.2. The van der Waals surface area contributed by atoms with Gasteiger partial charge in [-0.05, 0) is 23.2 Å². The van der Waals surface area contributed by atoms with E-state index in [0.717, 1.165) is 19.6 Å². The van der Waals surface area contributed by atoms with Crippen LogP contribution in [0.25, 0.3) is 10.4 Å². The highest BCUT2D eigenvalue weighted by atomic mass is 35.6. The molecule has 202 valence electrons. The van der Waals surface area contributed by atoms with Crippen molar-refractivity contribution in [3.05, 3.63) is 76.7 Å². The molecule has 1 saturated heterocycles. The van der Waals surface area contributed by atoms with Crippen LogP contribution in [0.4, 0.5) is 5.69 Å². The Kier molecular flexibility index (Phi) is 10.6. The molecule has 38 heavy (non-hydrogen) atoms. The molecule has 0 N–H and O–H groups in total. The van der Waals surface area contributed by atoms with E-state index in [4.69, 9.17) is 58.5 Å². The van der Waals surface area contributed by atoms with Gasteiger partial charge in [0.1, 0.15) is 12.1 Å². The molecular formula is C24H23Cl3N4O7. The van der Waals surface area contributed by atoms with Crippen molar-refractivity contribution < 1.29 is 33.3 Å². The zero-order valence-corrected chi connectivity index (χ0v) is 22.4. The van der Waals surface area contributed by atoms with Gasteiger partial charge in [-0.25, -0.2) is 9.79 Å². The van der Waals surface area contributed by atoms with Crippen LogP contribution in [-0.2, 0) is 39.9 Å². The Balaban J connectivity index is 2.05. The molecule has 1 aliphatic heterocycles. The van der Waals surface area contributed by atoms with Crippen LogP contribution in [0.3, 0.4) is 0 Å². The molecule has 1 aliphatic rings. The Morgan fingerprint density at radius 3 is 2.21 bits per heavy atom. The SMILES string of the molecule is COC(=O)[C@H]1O[C@@H](OC(=Nc2ccccc2)C(Cl)(Cl)Cl)[C@@H](N=[N+]=[N-])[C@@H](OCc2ccccc2)[C@@H]1OC(C)=O. The maximum atomic E-state index is 12.7. The van der Waals surface area contributed by atoms with Crippen molar-refractivity contribution in [1.29, 1.82) is 0 Å². The molecule has 2 aromatic rings. The number of benzene rings is 2. The third-order valence-electron chi connectivity index (χ3n) is 5.18. The van der Waals surface area contributed by atoms with E-state index in [9.17, 15) is 15.1 Å². The van der Waals surface area contributed by atoms with Crippen LogP contribution >= 0.6 is 34.8 Å². The molecule has 0 spiro atoms. The number of esters is 2. The van der Waals surface area contributed by atoms with Crippen molar-refractivity contribution >= 4 is 58.3 Å². The number of nitrogens with zero attached hydrogens (tertiary/aromatic N) is 4. The lowest BCUT2D eigenvalue weighted by molar-refractivity contribution is -0.255. The van der Waals surface area contributed by atoms with E-state index in [-0.39, 0.29) is 6.61 Å². The van der Waals surface area contributed by atoms with Crippen LogP contribution in [0.2, 0.25) is 0 Å². The Labute approximate surface area is 233 Å². The number of aliphatic imine (C=N–C) groups is 1. The topological polar surface area (TPSA) is 141 Å². The summed E-state index contributed by atoms with van der Waals surface area (Å²) in [6.45, 7) is 1.14. The molecule has 3 rings (SSSR count). The van der Waals surface area contributed by atoms with Crippen molar-refractivity contribution in [2.24, 2.45) is 10.1 Å². The maximum absolute atomic E-state index is 12.7. The van der Waals surface area contributed by atoms with E-state index in [1.54, 1.807) is 54.6 Å². The number of hydrogen-bond acceptors (Lipinski definition) is 9. The molecule has 11 nitrogen and oxygen atoms in total. The van der Waals surface area contributed by atoms with Gasteiger partial charge in [-0.2, -0.15) is 0 Å². The van der Waals surface area contributed by atoms with Gasteiger partial charge in [-0.1, -0.05) is 88.4 Å². The molecule has 0 radical (unpaired) electrons. The molecule has 0 saturated carbocycles. The quantitative estimate of drug-likeness (QED) is 0.0788. The Morgan fingerprint density at radius 2 is 1.66 bits per heavy atom. The van der Waals surface area contributed by atoms with Crippen LogP contribution in [0.1, 0.15) is 12.5 Å². The summed E-state index contributed by atoms with van der Waals surface area (Å²) < 4.78 is 25.7. The van der Waals surface area contributed by atoms with E-state index in [2.05, 4.69) is 15.0 Å². The number of hydrogen-bond donors (Lipinski definition) is 0. The van der Waals surface area contributed by atoms with Crippen LogP contribution < -0.4 is 0 Å². The number of carbonyl (C=O) groups excluding carboxylic acids is 2. The number of carbonyl (C=O) groups is 2. The number of alkyl halides is 3. The Morgan fingerprint density at radius 1 is 1.03 bits per heavy atom. The third kappa shape index (κ3) is 7.97. The molecular weight excluding hydrogens is 563 g/mol. The monoisotopic (exact) mass is 584 g/mol. The second kappa shape index (κ2) is 13.7. The molecule has 1 fully saturated rings. The number of para-hydroxylation sites is 1. The summed E-state index contributed by atoms with van der Waals surface area (Å²) in [6, 6.07) is 16.1. The van der Waals surface area contributed by atoms with E-state index in [1.807, 2.05) is 6.07 Å². The summed E-state index contributed by atoms with van der Waals surface area (Å²) in [5, 5.41) is 3.76. The normalized spacial score (nSPS) is 23.6. The molecule has 0 bridgehead atoms. The zero-order chi connectivity index (χ0) is 27.7. The molecule has 0 unspecified atom stereocenters. The minimum absolute atomic E-state index is 0.00322. The maximum Gasteiger partial charge on any atom is 0.339 e. The Bertz CT molecular complexity index is 1170. The molecule has 1 heterocycles. The standard InChI is InChI=1S/C24H23Cl3N4O7/c1-14(32)36-19-18(35-13-15-9-5-3-6-10-15)17(30-31-28)22(37-20(19)21(33)34-2)38-23(24(25,26)27)29-16-11-7-4-8-12-16/h3-12,17-20,22H,13H2,1-2H3/t17-,18+,19-,20-,22-/m0/s1. The molecule has 0 aliphatic carbocycles. The summed E-state index contributed by atoms with van der Waals surface area (Å²) in [6.07, 6.45) is -5.73. The predicted molar refractivity (Wildman–Crippen MR) is 139 cm³/mol. The fourth-order valence-corrected chi connectivity index (χ4v) is 3.83. The summed E-state index contributed by atoms with van der Waals surface area (Å²) in [7, 11) is 1.12. The average Bonchev–Trinajstić information content (AvgIpc) is 2.89. The van der Waals surface area contributed by atoms with E-state index < -0.39 is 52.3 Å². The fraction of sp³-hybridized carbons (Fsp3) is 0.375. The number of methoxy groups -OCH3 is 1. The van der Waals surface area contributed by atoms with Crippen LogP contribution in [-0.4, -0.2) is 59.4 Å². The Hall–Kier alpha value is -3.05. The second-order valence-corrected chi connectivity index (χ2v) is 10.1. The number of rotatable bonds is 8. The van der Waals surface area contributed by atoms with Gasteiger partial charge >= 0.3 is 11.9 Å². The smallest absolute Gasteiger partial charge is 0.339 e. The number of ether oxygens (including phenoxy) is 5.